The standard InChI is InChI=1S/C22H24ClF3N6O3/c1-2-31-7-8-32(18(12-31)13-4-6-17(24)16(23)9-13)22(35)28-11-15-5-3-14(10-27-15)20(33)29-30-21(34)19(25)26/h3-6,9-10,18-19H,2,7-8,11-12H2,1H3,(H,28,35)(H,29,33)(H,30,34). The molecule has 1 aliphatic heterocycles. The SMILES string of the molecule is CCN1CCN(C(=O)NCc2ccc(C(=O)NNC(=O)C(F)F)cn2)C(c2ccc(F)c(Cl)c2)C1. The third-order valence-electron chi connectivity index (χ3n) is 5.51. The molecule has 35 heavy (non-hydrogen) atoms. The maximum Gasteiger partial charge on any atom is 0.318 e. The van der Waals surface area contributed by atoms with Crippen LogP contribution in [0.25, 0.3) is 0 Å². The van der Waals surface area contributed by atoms with Gasteiger partial charge in [0.1, 0.15) is 5.82 Å². The number of benzene rings is 1. The van der Waals surface area contributed by atoms with Crippen LogP contribution in [0.15, 0.2) is 36.5 Å². The summed E-state index contributed by atoms with van der Waals surface area (Å²) in [7, 11) is 0. The van der Waals surface area contributed by atoms with Crippen molar-refractivity contribution in [3.05, 3.63) is 64.2 Å². The molecule has 0 radical (unpaired) electrons. The molecule has 9 nitrogen and oxygen atoms in total. The van der Waals surface area contributed by atoms with Gasteiger partial charge in [0.2, 0.25) is 0 Å². The number of nitrogens with one attached hydrogen (secondary N) is 3. The zero-order valence-corrected chi connectivity index (χ0v) is 19.5. The van der Waals surface area contributed by atoms with E-state index in [0.29, 0.717) is 25.3 Å². The van der Waals surface area contributed by atoms with E-state index in [2.05, 4.69) is 15.2 Å². The number of amides is 4. The third-order valence-corrected chi connectivity index (χ3v) is 5.80. The summed E-state index contributed by atoms with van der Waals surface area (Å²) in [6, 6.07) is 6.60. The van der Waals surface area contributed by atoms with Gasteiger partial charge in [-0.2, -0.15) is 8.78 Å². The van der Waals surface area contributed by atoms with E-state index < -0.39 is 24.1 Å². The summed E-state index contributed by atoms with van der Waals surface area (Å²) in [5, 5.41) is 2.77. The van der Waals surface area contributed by atoms with E-state index in [0.717, 1.165) is 12.1 Å². The van der Waals surface area contributed by atoms with Crippen molar-refractivity contribution in [3.63, 3.8) is 0 Å². The summed E-state index contributed by atoms with van der Waals surface area (Å²) in [5.41, 5.74) is 4.64. The van der Waals surface area contributed by atoms with Crippen molar-refractivity contribution in [3.8, 4) is 0 Å². The Balaban J connectivity index is 1.61. The van der Waals surface area contributed by atoms with Crippen LogP contribution in [-0.2, 0) is 11.3 Å². The Hall–Kier alpha value is -3.38. The van der Waals surface area contributed by atoms with E-state index in [-0.39, 0.29) is 29.2 Å². The van der Waals surface area contributed by atoms with Crippen molar-refractivity contribution < 1.29 is 27.6 Å². The van der Waals surface area contributed by atoms with Gasteiger partial charge in [0.05, 0.1) is 28.9 Å². The molecule has 3 rings (SSSR count). The van der Waals surface area contributed by atoms with Crippen molar-refractivity contribution in [1.82, 2.24) is 31.0 Å². The lowest BCUT2D eigenvalue weighted by Gasteiger charge is -2.41. The average Bonchev–Trinajstić information content (AvgIpc) is 2.87. The molecule has 1 saturated heterocycles. The van der Waals surface area contributed by atoms with Crippen LogP contribution >= 0.6 is 11.6 Å². The molecule has 1 aromatic heterocycles. The summed E-state index contributed by atoms with van der Waals surface area (Å²) in [5.74, 6) is -2.99. The number of alkyl halides is 2. The molecule has 3 N–H and O–H groups in total. The minimum atomic E-state index is -3.26. The fourth-order valence-corrected chi connectivity index (χ4v) is 3.74. The van der Waals surface area contributed by atoms with E-state index in [9.17, 15) is 27.6 Å². The maximum absolute atomic E-state index is 13.6. The van der Waals surface area contributed by atoms with Gasteiger partial charge in [0, 0.05) is 25.8 Å². The first-order chi connectivity index (χ1) is 16.7. The molecule has 188 valence electrons. The molecule has 2 heterocycles. The predicted octanol–water partition coefficient (Wildman–Crippen LogP) is 2.49. The summed E-state index contributed by atoms with van der Waals surface area (Å²) < 4.78 is 38.0. The molecule has 0 aliphatic carbocycles. The molecule has 1 fully saturated rings. The zero-order chi connectivity index (χ0) is 25.5. The number of pyridine rings is 1. The lowest BCUT2D eigenvalue weighted by atomic mass is 10.0. The summed E-state index contributed by atoms with van der Waals surface area (Å²) >= 11 is 5.96. The highest BCUT2D eigenvalue weighted by Gasteiger charge is 2.31. The van der Waals surface area contributed by atoms with Crippen LogP contribution < -0.4 is 16.2 Å². The number of nitrogens with zero attached hydrogens (tertiary/aromatic N) is 3. The molecule has 13 heteroatoms. The number of hydrogen-bond donors (Lipinski definition) is 3. The first-order valence-electron chi connectivity index (χ1n) is 10.7. The van der Waals surface area contributed by atoms with E-state index in [4.69, 9.17) is 11.6 Å². The monoisotopic (exact) mass is 512 g/mol. The first kappa shape index (κ1) is 26.2. The van der Waals surface area contributed by atoms with Crippen molar-refractivity contribution in [1.29, 1.82) is 0 Å². The van der Waals surface area contributed by atoms with Crippen LogP contribution in [0.4, 0.5) is 18.0 Å². The topological polar surface area (TPSA) is 107 Å². The number of hydrogen-bond acceptors (Lipinski definition) is 5. The average molecular weight is 513 g/mol. The minimum Gasteiger partial charge on any atom is -0.332 e. The van der Waals surface area contributed by atoms with Gasteiger partial charge in [0.15, 0.2) is 0 Å². The molecule has 0 saturated carbocycles. The molecule has 4 amide bonds. The van der Waals surface area contributed by atoms with Crippen LogP contribution in [0.2, 0.25) is 5.02 Å². The quantitative estimate of drug-likeness (QED) is 0.516. The second kappa shape index (κ2) is 11.8. The second-order valence-electron chi connectivity index (χ2n) is 7.72. The highest BCUT2D eigenvalue weighted by Crippen LogP contribution is 2.28. The second-order valence-corrected chi connectivity index (χ2v) is 8.12. The normalized spacial score (nSPS) is 16.2. The number of rotatable bonds is 6. The Morgan fingerprint density at radius 3 is 2.57 bits per heavy atom. The largest absolute Gasteiger partial charge is 0.332 e. The third kappa shape index (κ3) is 6.83. The van der Waals surface area contributed by atoms with Gasteiger partial charge in [-0.25, -0.2) is 9.18 Å². The van der Waals surface area contributed by atoms with Crippen molar-refractivity contribution in [2.45, 2.75) is 25.9 Å². The molecule has 1 aliphatic rings. The number of hydrazine groups is 1. The van der Waals surface area contributed by atoms with Crippen molar-refractivity contribution in [2.75, 3.05) is 26.2 Å². The van der Waals surface area contributed by atoms with Gasteiger partial charge in [-0.05, 0) is 36.4 Å². The Bertz CT molecular complexity index is 1070. The highest BCUT2D eigenvalue weighted by atomic mass is 35.5. The Labute approximate surface area is 204 Å². The van der Waals surface area contributed by atoms with Crippen molar-refractivity contribution >= 4 is 29.4 Å². The fourth-order valence-electron chi connectivity index (χ4n) is 3.55. The van der Waals surface area contributed by atoms with Gasteiger partial charge >= 0.3 is 18.4 Å². The van der Waals surface area contributed by atoms with Gasteiger partial charge in [-0.3, -0.25) is 30.3 Å². The van der Waals surface area contributed by atoms with Gasteiger partial charge < -0.3 is 10.2 Å². The molecule has 0 spiro atoms. The lowest BCUT2D eigenvalue weighted by molar-refractivity contribution is -0.132. The smallest absolute Gasteiger partial charge is 0.318 e. The molecule has 2 aromatic rings. The summed E-state index contributed by atoms with van der Waals surface area (Å²) in [4.78, 5) is 43.6. The van der Waals surface area contributed by atoms with Gasteiger partial charge in [-0.15, -0.1) is 0 Å². The maximum atomic E-state index is 13.6. The first-order valence-corrected chi connectivity index (χ1v) is 11.1. The Kier molecular flexibility index (Phi) is 8.88. The number of likely N-dealkylation sites (N-methyl/N-ethyl adjacent to an activating group) is 1. The predicted molar refractivity (Wildman–Crippen MR) is 121 cm³/mol. The van der Waals surface area contributed by atoms with Crippen LogP contribution in [0, 0.1) is 5.82 Å². The molecule has 1 aromatic carbocycles. The summed E-state index contributed by atoms with van der Waals surface area (Å²) in [6.07, 6.45) is -2.07. The van der Waals surface area contributed by atoms with Gasteiger partial charge in [0.25, 0.3) is 5.91 Å². The van der Waals surface area contributed by atoms with Crippen LogP contribution in [-0.4, -0.2) is 65.2 Å². The zero-order valence-electron chi connectivity index (χ0n) is 18.7. The Morgan fingerprint density at radius 2 is 1.94 bits per heavy atom. The Morgan fingerprint density at radius 1 is 1.17 bits per heavy atom. The summed E-state index contributed by atoms with van der Waals surface area (Å²) in [6.45, 7) is 4.59. The number of aromatic nitrogens is 1. The van der Waals surface area contributed by atoms with Crippen LogP contribution in [0.1, 0.15) is 34.6 Å². The number of carbonyl (C=O) groups excluding carboxylic acids is 3. The molecule has 1 unspecified atom stereocenters. The highest BCUT2D eigenvalue weighted by molar-refractivity contribution is 6.30. The van der Waals surface area contributed by atoms with Crippen LogP contribution in [0.3, 0.4) is 0 Å². The number of halogens is 4. The molecule has 1 atom stereocenters. The fraction of sp³-hybridized carbons (Fsp3) is 0.364. The number of carbonyl (C=O) groups is 3. The number of urea groups is 1. The van der Waals surface area contributed by atoms with Crippen LogP contribution in [0.5, 0.6) is 0 Å². The molecular weight excluding hydrogens is 489 g/mol. The van der Waals surface area contributed by atoms with E-state index >= 15 is 0 Å². The van der Waals surface area contributed by atoms with E-state index in [1.807, 2.05) is 12.3 Å². The van der Waals surface area contributed by atoms with Gasteiger partial charge in [-0.1, -0.05) is 24.6 Å². The van der Waals surface area contributed by atoms with E-state index in [1.165, 1.54) is 30.5 Å². The van der Waals surface area contributed by atoms with E-state index in [1.54, 1.807) is 16.4 Å². The molecular formula is C22H24ClF3N6O3. The number of piperazine rings is 1. The minimum absolute atomic E-state index is 0.0152. The molecule has 0 bridgehead atoms. The lowest BCUT2D eigenvalue weighted by Crippen LogP contribution is -2.53. The van der Waals surface area contributed by atoms with Crippen molar-refractivity contribution in [2.24, 2.45) is 0 Å².